The number of rotatable bonds is 2. The summed E-state index contributed by atoms with van der Waals surface area (Å²) in [4.78, 5) is 27.2. The highest BCUT2D eigenvalue weighted by molar-refractivity contribution is 5.91. The highest BCUT2D eigenvalue weighted by atomic mass is 16.1. The third-order valence-electron chi connectivity index (χ3n) is 9.38. The molecule has 1 unspecified atom stereocenters. The average Bonchev–Trinajstić information content (AvgIpc) is 3.37. The second kappa shape index (κ2) is 5.53. The van der Waals surface area contributed by atoms with Crippen LogP contribution in [0.1, 0.15) is 65.7 Å². The number of carbonyl (C=O) groups is 2. The van der Waals surface area contributed by atoms with Crippen molar-refractivity contribution in [1.29, 1.82) is 0 Å². The standard InChI is InChI=1S/C23H33NO2/c1-14(25)21-20(24-10-11-24)13-19-17-5-4-15-12-16(26)6-8-22(15,2)18(17)7-9-23(19,21)3/h12,17-21H,4-11,13H2,1-3H3/t17-,18+,19+,20?,21+,22+,23+/m1/s1. The monoisotopic (exact) mass is 355 g/mol. The number of fused-ring (bicyclic) bond motifs is 5. The predicted molar refractivity (Wildman–Crippen MR) is 102 cm³/mol. The largest absolute Gasteiger partial charge is 0.300 e. The first-order chi connectivity index (χ1) is 12.3. The van der Waals surface area contributed by atoms with E-state index in [1.165, 1.54) is 44.3 Å². The SMILES string of the molecule is CC(=O)[C@H]1C(N2CC2)C[C@H]2[C@@H]3CCC4=CC(=O)CC[C@]4(C)[C@H]3CC[C@]12C. The molecule has 0 radical (unpaired) electrons. The van der Waals surface area contributed by atoms with Gasteiger partial charge >= 0.3 is 0 Å². The normalized spacial score (nSPS) is 50.5. The van der Waals surface area contributed by atoms with Gasteiger partial charge in [0.05, 0.1) is 0 Å². The average molecular weight is 356 g/mol. The number of hydrogen-bond acceptors (Lipinski definition) is 3. The lowest BCUT2D eigenvalue weighted by molar-refractivity contribution is -0.129. The molecule has 26 heavy (non-hydrogen) atoms. The minimum Gasteiger partial charge on any atom is -0.300 e. The van der Waals surface area contributed by atoms with E-state index in [9.17, 15) is 9.59 Å². The van der Waals surface area contributed by atoms with Gasteiger partial charge in [0.15, 0.2) is 5.78 Å². The molecule has 0 spiro atoms. The van der Waals surface area contributed by atoms with Crippen molar-refractivity contribution in [2.75, 3.05) is 13.1 Å². The smallest absolute Gasteiger partial charge is 0.155 e. The van der Waals surface area contributed by atoms with E-state index in [0.717, 1.165) is 25.2 Å². The van der Waals surface area contributed by atoms with Crippen LogP contribution >= 0.6 is 0 Å². The summed E-state index contributed by atoms with van der Waals surface area (Å²) in [6, 6.07) is 0.499. The van der Waals surface area contributed by atoms with Gasteiger partial charge in [-0.1, -0.05) is 19.4 Å². The summed E-state index contributed by atoms with van der Waals surface area (Å²) >= 11 is 0. The van der Waals surface area contributed by atoms with Gasteiger partial charge in [-0.05, 0) is 80.1 Å². The van der Waals surface area contributed by atoms with Crippen molar-refractivity contribution in [3.05, 3.63) is 11.6 Å². The van der Waals surface area contributed by atoms with Crippen LogP contribution in [0.25, 0.3) is 0 Å². The first-order valence-electron chi connectivity index (χ1n) is 10.8. The van der Waals surface area contributed by atoms with Gasteiger partial charge in [0.1, 0.15) is 5.78 Å². The number of nitrogens with zero attached hydrogens (tertiary/aromatic N) is 1. The highest BCUT2D eigenvalue weighted by Crippen LogP contribution is 2.67. The molecule has 142 valence electrons. The van der Waals surface area contributed by atoms with E-state index in [-0.39, 0.29) is 16.7 Å². The summed E-state index contributed by atoms with van der Waals surface area (Å²) in [6.07, 6.45) is 9.80. The zero-order valence-electron chi connectivity index (χ0n) is 16.6. The minimum absolute atomic E-state index is 0.197. The number of carbonyl (C=O) groups excluding carboxylic acids is 2. The first-order valence-corrected chi connectivity index (χ1v) is 10.8. The van der Waals surface area contributed by atoms with Crippen LogP contribution in [0.5, 0.6) is 0 Å². The topological polar surface area (TPSA) is 37.1 Å². The van der Waals surface area contributed by atoms with Crippen LogP contribution in [-0.4, -0.2) is 35.6 Å². The van der Waals surface area contributed by atoms with E-state index in [4.69, 9.17) is 0 Å². The van der Waals surface area contributed by atoms with Crippen LogP contribution in [0.3, 0.4) is 0 Å². The van der Waals surface area contributed by atoms with Gasteiger partial charge in [0, 0.05) is 31.5 Å². The van der Waals surface area contributed by atoms with Crippen LogP contribution in [0, 0.1) is 34.5 Å². The molecule has 0 aromatic rings. The van der Waals surface area contributed by atoms with Gasteiger partial charge in [0.25, 0.3) is 0 Å². The van der Waals surface area contributed by atoms with Crippen molar-refractivity contribution in [2.45, 2.75) is 71.8 Å². The summed E-state index contributed by atoms with van der Waals surface area (Å²) in [7, 11) is 0. The third-order valence-corrected chi connectivity index (χ3v) is 9.38. The Morgan fingerprint density at radius 2 is 1.88 bits per heavy atom. The number of allylic oxidation sites excluding steroid dienone is 1. The molecule has 0 amide bonds. The minimum atomic E-state index is 0.197. The van der Waals surface area contributed by atoms with Gasteiger partial charge in [-0.25, -0.2) is 0 Å². The van der Waals surface area contributed by atoms with Crippen molar-refractivity contribution < 1.29 is 9.59 Å². The summed E-state index contributed by atoms with van der Waals surface area (Å²) in [5.41, 5.74) is 1.88. The molecule has 1 saturated heterocycles. The summed E-state index contributed by atoms with van der Waals surface area (Å²) in [6.45, 7) is 9.12. The van der Waals surface area contributed by atoms with Gasteiger partial charge in [-0.2, -0.15) is 0 Å². The Morgan fingerprint density at radius 1 is 1.12 bits per heavy atom. The maximum atomic E-state index is 12.7. The molecule has 1 aliphatic heterocycles. The molecule has 4 aliphatic carbocycles. The molecule has 4 fully saturated rings. The fraction of sp³-hybridized carbons (Fsp3) is 0.826. The fourth-order valence-corrected chi connectivity index (χ4v) is 8.06. The Labute approximate surface area is 157 Å². The van der Waals surface area contributed by atoms with Crippen LogP contribution in [0.4, 0.5) is 0 Å². The summed E-state index contributed by atoms with van der Waals surface area (Å²) in [5, 5.41) is 0. The molecule has 3 nitrogen and oxygen atoms in total. The summed E-state index contributed by atoms with van der Waals surface area (Å²) in [5.74, 6) is 3.17. The van der Waals surface area contributed by atoms with Crippen molar-refractivity contribution >= 4 is 11.6 Å². The van der Waals surface area contributed by atoms with Crippen molar-refractivity contribution in [3.8, 4) is 0 Å². The van der Waals surface area contributed by atoms with Gasteiger partial charge < -0.3 is 0 Å². The van der Waals surface area contributed by atoms with E-state index in [2.05, 4.69) is 18.7 Å². The Bertz CT molecular complexity index is 692. The van der Waals surface area contributed by atoms with Crippen LogP contribution < -0.4 is 0 Å². The first kappa shape index (κ1) is 17.2. The maximum Gasteiger partial charge on any atom is 0.155 e. The molecule has 0 bridgehead atoms. The van der Waals surface area contributed by atoms with E-state index in [0.29, 0.717) is 29.4 Å². The van der Waals surface area contributed by atoms with Crippen molar-refractivity contribution in [1.82, 2.24) is 4.90 Å². The molecular weight excluding hydrogens is 322 g/mol. The highest BCUT2D eigenvalue weighted by Gasteiger charge is 2.63. The van der Waals surface area contributed by atoms with E-state index >= 15 is 0 Å². The van der Waals surface area contributed by atoms with Crippen LogP contribution in [0.15, 0.2) is 11.6 Å². The molecule has 3 saturated carbocycles. The van der Waals surface area contributed by atoms with E-state index < -0.39 is 0 Å². The van der Waals surface area contributed by atoms with Gasteiger partial charge in [0.2, 0.25) is 0 Å². The fourth-order valence-electron chi connectivity index (χ4n) is 8.06. The second-order valence-corrected chi connectivity index (χ2v) is 10.4. The Kier molecular flexibility index (Phi) is 3.65. The molecule has 7 atom stereocenters. The van der Waals surface area contributed by atoms with Crippen LogP contribution in [0.2, 0.25) is 0 Å². The molecular formula is C23H33NO2. The van der Waals surface area contributed by atoms with Crippen molar-refractivity contribution in [2.24, 2.45) is 34.5 Å². The molecule has 5 aliphatic rings. The Balaban J connectivity index is 1.50. The molecule has 1 heterocycles. The molecule has 0 aromatic heterocycles. The number of hydrogen-bond donors (Lipinski definition) is 0. The lowest BCUT2D eigenvalue weighted by Gasteiger charge is -2.58. The molecule has 0 N–H and O–H groups in total. The molecule has 3 heteroatoms. The third kappa shape index (κ3) is 2.22. The number of ketones is 2. The van der Waals surface area contributed by atoms with Gasteiger partial charge in [-0.3, -0.25) is 14.5 Å². The number of Topliss-reactive ketones (excluding diaryl/α,β-unsaturated/α-hetero) is 1. The van der Waals surface area contributed by atoms with E-state index in [1.54, 1.807) is 0 Å². The maximum absolute atomic E-state index is 12.7. The zero-order valence-corrected chi connectivity index (χ0v) is 16.6. The van der Waals surface area contributed by atoms with Crippen molar-refractivity contribution in [3.63, 3.8) is 0 Å². The summed E-state index contributed by atoms with van der Waals surface area (Å²) < 4.78 is 0. The Morgan fingerprint density at radius 3 is 2.58 bits per heavy atom. The lowest BCUT2D eigenvalue weighted by Crippen LogP contribution is -2.51. The van der Waals surface area contributed by atoms with E-state index in [1.807, 2.05) is 13.0 Å². The molecule has 5 rings (SSSR count). The van der Waals surface area contributed by atoms with Crippen LogP contribution in [-0.2, 0) is 9.59 Å². The second-order valence-electron chi connectivity index (χ2n) is 10.4. The quantitative estimate of drug-likeness (QED) is 0.702. The molecule has 0 aromatic carbocycles. The zero-order chi connectivity index (χ0) is 18.3. The lowest BCUT2D eigenvalue weighted by atomic mass is 9.46. The predicted octanol–water partition coefficient (Wildman–Crippen LogP) is 4.02. The Hall–Kier alpha value is -0.960. The van der Waals surface area contributed by atoms with Gasteiger partial charge in [-0.15, -0.1) is 0 Å².